The summed E-state index contributed by atoms with van der Waals surface area (Å²) in [6.07, 6.45) is 4.43. The zero-order valence-corrected chi connectivity index (χ0v) is 14.0. The fourth-order valence-corrected chi connectivity index (χ4v) is 2.31. The second kappa shape index (κ2) is 7.44. The van der Waals surface area contributed by atoms with Crippen molar-refractivity contribution >= 4 is 11.7 Å². The molecule has 0 aliphatic rings. The quantitative estimate of drug-likeness (QED) is 0.567. The van der Waals surface area contributed by atoms with Crippen LogP contribution >= 0.6 is 0 Å². The Morgan fingerprint density at radius 3 is 2.56 bits per heavy atom. The number of nitrogens with zero attached hydrogens (tertiary/aromatic N) is 4. The van der Waals surface area contributed by atoms with E-state index in [1.807, 2.05) is 36.4 Å². The summed E-state index contributed by atoms with van der Waals surface area (Å²) in [6, 6.07) is 16.4. The number of nitrogens with one attached hydrogen (secondary N) is 2. The normalized spacial score (nSPS) is 10.4. The van der Waals surface area contributed by atoms with E-state index in [0.29, 0.717) is 23.1 Å². The number of carbonyl (C=O) groups is 1. The number of ether oxygens (including phenoxy) is 1. The second-order valence-electron chi connectivity index (χ2n) is 5.49. The SMILES string of the molecule is O=C(Nc1cc(-c2ccccn2)[nH]n1)c1cnc(Oc2ccccc2)cn1. The number of anilines is 1. The van der Waals surface area contributed by atoms with E-state index in [1.54, 1.807) is 24.4 Å². The molecule has 0 fully saturated rings. The lowest BCUT2D eigenvalue weighted by Crippen LogP contribution is -2.14. The molecule has 132 valence electrons. The van der Waals surface area contributed by atoms with E-state index in [-0.39, 0.29) is 5.69 Å². The number of aromatic nitrogens is 5. The van der Waals surface area contributed by atoms with Crippen LogP contribution in [0.25, 0.3) is 11.4 Å². The third-order valence-corrected chi connectivity index (χ3v) is 3.59. The van der Waals surface area contributed by atoms with Gasteiger partial charge in [0, 0.05) is 12.3 Å². The van der Waals surface area contributed by atoms with Crippen LogP contribution < -0.4 is 10.1 Å². The summed E-state index contributed by atoms with van der Waals surface area (Å²) in [5.74, 6) is 0.887. The minimum Gasteiger partial charge on any atom is -0.438 e. The van der Waals surface area contributed by atoms with Gasteiger partial charge in [-0.1, -0.05) is 24.3 Å². The highest BCUT2D eigenvalue weighted by molar-refractivity contribution is 6.02. The predicted molar refractivity (Wildman–Crippen MR) is 98.3 cm³/mol. The maximum absolute atomic E-state index is 12.3. The molecule has 0 radical (unpaired) electrons. The van der Waals surface area contributed by atoms with Gasteiger partial charge in [0.1, 0.15) is 11.4 Å². The minimum atomic E-state index is -0.423. The van der Waals surface area contributed by atoms with Gasteiger partial charge in [0.25, 0.3) is 5.91 Å². The first-order valence-corrected chi connectivity index (χ1v) is 8.11. The number of benzene rings is 1. The van der Waals surface area contributed by atoms with Crippen LogP contribution in [0.15, 0.2) is 73.2 Å². The molecule has 27 heavy (non-hydrogen) atoms. The average Bonchev–Trinajstić information content (AvgIpc) is 3.18. The van der Waals surface area contributed by atoms with Crippen molar-refractivity contribution in [1.29, 1.82) is 0 Å². The van der Waals surface area contributed by atoms with Crippen LogP contribution in [-0.4, -0.2) is 31.1 Å². The molecule has 3 aromatic heterocycles. The summed E-state index contributed by atoms with van der Waals surface area (Å²) in [5.41, 5.74) is 1.58. The van der Waals surface area contributed by atoms with Gasteiger partial charge in [-0.15, -0.1) is 0 Å². The van der Waals surface area contributed by atoms with E-state index in [4.69, 9.17) is 4.74 Å². The van der Waals surface area contributed by atoms with Crippen LogP contribution in [0.4, 0.5) is 5.82 Å². The van der Waals surface area contributed by atoms with Crippen LogP contribution in [0.3, 0.4) is 0 Å². The Balaban J connectivity index is 1.42. The van der Waals surface area contributed by atoms with Crippen molar-refractivity contribution in [2.24, 2.45) is 0 Å². The molecule has 1 amide bonds. The molecule has 0 saturated carbocycles. The molecule has 0 aliphatic carbocycles. The molecule has 8 heteroatoms. The topological polar surface area (TPSA) is 106 Å². The molecule has 0 unspecified atom stereocenters. The van der Waals surface area contributed by atoms with Gasteiger partial charge in [0.05, 0.1) is 23.8 Å². The van der Waals surface area contributed by atoms with E-state index in [0.717, 1.165) is 5.69 Å². The van der Waals surface area contributed by atoms with Gasteiger partial charge >= 0.3 is 0 Å². The van der Waals surface area contributed by atoms with E-state index in [9.17, 15) is 4.79 Å². The van der Waals surface area contributed by atoms with E-state index < -0.39 is 5.91 Å². The standard InChI is InChI=1S/C19H14N6O2/c26-19(23-17-10-15(24-25-17)14-8-4-5-9-20-14)16-11-22-18(12-21-16)27-13-6-2-1-3-7-13/h1-12H,(H2,23,24,25,26). The zero-order chi connectivity index (χ0) is 18.5. The fraction of sp³-hybridized carbons (Fsp3) is 0. The number of pyridine rings is 1. The van der Waals surface area contributed by atoms with Gasteiger partial charge in [0.2, 0.25) is 5.88 Å². The Labute approximate surface area is 154 Å². The molecule has 4 aromatic rings. The molecule has 0 spiro atoms. The summed E-state index contributed by atoms with van der Waals surface area (Å²) in [6.45, 7) is 0. The summed E-state index contributed by atoms with van der Waals surface area (Å²) >= 11 is 0. The highest BCUT2D eigenvalue weighted by Gasteiger charge is 2.12. The predicted octanol–water partition coefficient (Wildman–Crippen LogP) is 3.31. The van der Waals surface area contributed by atoms with Crippen molar-refractivity contribution in [1.82, 2.24) is 25.1 Å². The van der Waals surface area contributed by atoms with Gasteiger partial charge in [-0.25, -0.2) is 9.97 Å². The average molecular weight is 358 g/mol. The van der Waals surface area contributed by atoms with Crippen molar-refractivity contribution in [2.75, 3.05) is 5.32 Å². The molecule has 0 atom stereocenters. The molecule has 8 nitrogen and oxygen atoms in total. The molecule has 0 aliphatic heterocycles. The van der Waals surface area contributed by atoms with Crippen LogP contribution in [-0.2, 0) is 0 Å². The number of H-pyrrole nitrogens is 1. The zero-order valence-electron chi connectivity index (χ0n) is 14.0. The number of carbonyl (C=O) groups excluding carboxylic acids is 1. The Morgan fingerprint density at radius 2 is 1.81 bits per heavy atom. The Morgan fingerprint density at radius 1 is 0.963 bits per heavy atom. The van der Waals surface area contributed by atoms with Gasteiger partial charge in [-0.3, -0.25) is 14.9 Å². The third-order valence-electron chi connectivity index (χ3n) is 3.59. The lowest BCUT2D eigenvalue weighted by molar-refractivity contribution is 0.102. The molecule has 0 bridgehead atoms. The minimum absolute atomic E-state index is 0.151. The summed E-state index contributed by atoms with van der Waals surface area (Å²) in [4.78, 5) is 24.7. The fourth-order valence-electron chi connectivity index (χ4n) is 2.31. The van der Waals surface area contributed by atoms with Crippen LogP contribution in [0, 0.1) is 0 Å². The molecule has 3 heterocycles. The first-order valence-electron chi connectivity index (χ1n) is 8.11. The number of aromatic amines is 1. The van der Waals surface area contributed by atoms with E-state index in [2.05, 4.69) is 30.5 Å². The van der Waals surface area contributed by atoms with Crippen LogP contribution in [0.2, 0.25) is 0 Å². The van der Waals surface area contributed by atoms with E-state index in [1.165, 1.54) is 12.4 Å². The summed E-state index contributed by atoms with van der Waals surface area (Å²) in [7, 11) is 0. The van der Waals surface area contributed by atoms with Crippen molar-refractivity contribution in [3.8, 4) is 23.0 Å². The molecular formula is C19H14N6O2. The maximum Gasteiger partial charge on any atom is 0.277 e. The van der Waals surface area contributed by atoms with Crippen molar-refractivity contribution in [3.63, 3.8) is 0 Å². The number of amides is 1. The first kappa shape index (κ1) is 16.4. The number of rotatable bonds is 5. The second-order valence-corrected chi connectivity index (χ2v) is 5.49. The van der Waals surface area contributed by atoms with Crippen molar-refractivity contribution < 1.29 is 9.53 Å². The van der Waals surface area contributed by atoms with Gasteiger partial charge in [0.15, 0.2) is 5.82 Å². The highest BCUT2D eigenvalue weighted by Crippen LogP contribution is 2.19. The molecular weight excluding hydrogens is 344 g/mol. The molecule has 4 rings (SSSR count). The van der Waals surface area contributed by atoms with E-state index >= 15 is 0 Å². The van der Waals surface area contributed by atoms with Gasteiger partial charge in [-0.2, -0.15) is 5.10 Å². The van der Waals surface area contributed by atoms with Crippen molar-refractivity contribution in [3.05, 3.63) is 78.9 Å². The Kier molecular flexibility index (Phi) is 4.52. The molecule has 0 saturated heterocycles. The first-order chi connectivity index (χ1) is 13.3. The smallest absolute Gasteiger partial charge is 0.277 e. The highest BCUT2D eigenvalue weighted by atomic mass is 16.5. The molecule has 2 N–H and O–H groups in total. The Bertz CT molecular complexity index is 1030. The summed E-state index contributed by atoms with van der Waals surface area (Å²) < 4.78 is 5.55. The molecule has 1 aromatic carbocycles. The lowest BCUT2D eigenvalue weighted by atomic mass is 10.3. The van der Waals surface area contributed by atoms with Crippen LogP contribution in [0.1, 0.15) is 10.5 Å². The Hall–Kier alpha value is -4.07. The summed E-state index contributed by atoms with van der Waals surface area (Å²) in [5, 5.41) is 9.56. The monoisotopic (exact) mass is 358 g/mol. The lowest BCUT2D eigenvalue weighted by Gasteiger charge is -2.04. The maximum atomic E-state index is 12.3. The van der Waals surface area contributed by atoms with Gasteiger partial charge < -0.3 is 10.1 Å². The van der Waals surface area contributed by atoms with Gasteiger partial charge in [-0.05, 0) is 24.3 Å². The number of para-hydroxylation sites is 1. The third kappa shape index (κ3) is 3.96. The van der Waals surface area contributed by atoms with Crippen molar-refractivity contribution in [2.45, 2.75) is 0 Å². The number of hydrogen-bond acceptors (Lipinski definition) is 6. The van der Waals surface area contributed by atoms with Crippen LogP contribution in [0.5, 0.6) is 11.6 Å². The number of hydrogen-bond donors (Lipinski definition) is 2. The largest absolute Gasteiger partial charge is 0.438 e.